The number of amides is 2. The topological polar surface area (TPSA) is 165 Å². The summed E-state index contributed by atoms with van der Waals surface area (Å²) in [4.78, 5) is 34.8. The summed E-state index contributed by atoms with van der Waals surface area (Å²) >= 11 is 1.95. The summed E-state index contributed by atoms with van der Waals surface area (Å²) < 4.78 is 39.5. The fourth-order valence-corrected chi connectivity index (χ4v) is 13.6. The van der Waals surface area contributed by atoms with Crippen LogP contribution in [-0.4, -0.2) is 111 Å². The van der Waals surface area contributed by atoms with Crippen LogP contribution < -0.4 is 34.2 Å². The maximum absolute atomic E-state index is 11.4. The predicted molar refractivity (Wildman–Crippen MR) is 464 cm³/mol. The van der Waals surface area contributed by atoms with Crippen LogP contribution in [0.15, 0.2) is 176 Å². The van der Waals surface area contributed by atoms with E-state index in [0.29, 0.717) is 31.1 Å². The van der Waals surface area contributed by atoms with Crippen LogP contribution in [0, 0.1) is 0 Å². The fourth-order valence-electron chi connectivity index (χ4n) is 12.4. The minimum Gasteiger partial charge on any atom is -0.494 e. The van der Waals surface area contributed by atoms with Gasteiger partial charge in [0, 0.05) is 46.4 Å². The third kappa shape index (κ3) is 47.4. The Bertz CT molecular complexity index is 3500. The first-order valence-electron chi connectivity index (χ1n) is 42.4. The van der Waals surface area contributed by atoms with Gasteiger partial charge in [0.15, 0.2) is 0 Å². The smallest absolute Gasteiger partial charge is 0.222 e. The largest absolute Gasteiger partial charge is 0.494 e. The molecule has 7 aromatic carbocycles. The number of aryl methyl sites for hydroxylation is 7. The van der Waals surface area contributed by atoms with Gasteiger partial charge in [0.1, 0.15) is 40.3 Å². The predicted octanol–water partition coefficient (Wildman–Crippen LogP) is 22.8. The van der Waals surface area contributed by atoms with Crippen molar-refractivity contribution >= 4 is 29.4 Å². The van der Waals surface area contributed by atoms with Crippen LogP contribution in [0.25, 0.3) is 0 Å². The molecule has 13 nitrogen and oxygen atoms in total. The Morgan fingerprint density at radius 1 is 0.423 bits per heavy atom. The van der Waals surface area contributed by atoms with Crippen LogP contribution in [-0.2, 0) is 64.1 Å². The Kier molecular flexibility index (Phi) is 53.2. The van der Waals surface area contributed by atoms with Crippen molar-refractivity contribution in [1.82, 2.24) is 4.90 Å². The summed E-state index contributed by atoms with van der Waals surface area (Å²) in [5.41, 5.74) is 13.9. The number of unbranched alkanes of at least 4 members (excludes halogenated alkanes) is 4. The van der Waals surface area contributed by atoms with E-state index in [2.05, 4.69) is 157 Å². The average molecular weight is 1540 g/mol. The number of carbonyl (C=O) groups excluding carboxylic acids is 3. The van der Waals surface area contributed by atoms with Crippen LogP contribution in [0.1, 0.15) is 248 Å². The SMILES string of the molecule is CCCOc1cccc(CCC2(O)CCSCC2)c1.CCCOc1cccc(CCC2CCCCO2)c1.CCCOc1cccc(CCCCC(=O)CC)c1.CCCOc1cccc(CCCCC(=O)N(C)C)c1.CCCOc1cccc(CCCCC(N)=O)c1.CCCOc1cccc(CCCCc2ccccc2)c1. The van der Waals surface area contributed by atoms with E-state index in [0.717, 1.165) is 240 Å². The second kappa shape index (κ2) is 61.8. The molecule has 0 radical (unpaired) electrons. The summed E-state index contributed by atoms with van der Waals surface area (Å²) in [7, 11) is 3.60. The van der Waals surface area contributed by atoms with Crippen LogP contribution in [0.2, 0.25) is 0 Å². The molecule has 0 saturated carbocycles. The van der Waals surface area contributed by atoms with Crippen LogP contribution >= 0.6 is 11.8 Å². The first-order valence-corrected chi connectivity index (χ1v) is 43.5. The van der Waals surface area contributed by atoms with Crippen molar-refractivity contribution in [2.45, 2.75) is 266 Å². The molecule has 1 atom stereocenters. The Labute approximate surface area is 675 Å². The second-order valence-corrected chi connectivity index (χ2v) is 30.5. The Hall–Kier alpha value is -7.78. The zero-order chi connectivity index (χ0) is 80.0. The molecule has 2 aliphatic heterocycles. The lowest BCUT2D eigenvalue weighted by atomic mass is 9.89. The maximum atomic E-state index is 11.4. The van der Waals surface area contributed by atoms with Gasteiger partial charge in [0.25, 0.3) is 0 Å². The molecule has 0 spiro atoms. The molecule has 612 valence electrons. The summed E-state index contributed by atoms with van der Waals surface area (Å²) in [5, 5.41) is 10.5. The minimum atomic E-state index is -0.439. The van der Waals surface area contributed by atoms with E-state index in [1.54, 1.807) is 19.0 Å². The highest BCUT2D eigenvalue weighted by molar-refractivity contribution is 7.99. The molecule has 1 unspecified atom stereocenters. The minimum absolute atomic E-state index is 0.208. The molecular formula is C97H142N2O11S. The highest BCUT2D eigenvalue weighted by Crippen LogP contribution is 2.32. The van der Waals surface area contributed by atoms with Crippen molar-refractivity contribution in [3.63, 3.8) is 0 Å². The van der Waals surface area contributed by atoms with E-state index in [-0.39, 0.29) is 11.8 Å². The van der Waals surface area contributed by atoms with Gasteiger partial charge in [-0.2, -0.15) is 11.8 Å². The Morgan fingerprint density at radius 3 is 1.10 bits per heavy atom. The van der Waals surface area contributed by atoms with Gasteiger partial charge in [0.2, 0.25) is 11.8 Å². The number of carbonyl (C=O) groups is 3. The Morgan fingerprint density at radius 2 is 0.757 bits per heavy atom. The number of rotatable bonds is 45. The van der Waals surface area contributed by atoms with Gasteiger partial charge in [-0.25, -0.2) is 0 Å². The standard InChI is InChI=1S/C19H24O.C16H25NO2.C16H24O2S.2C16H24O2.C14H21NO2/c1-2-15-20-19-14-8-13-18(16-19)12-7-6-11-17-9-4-3-5-10-17;1-4-12-19-15-10-7-9-14(13-15)8-5-6-11-16(18)17(2)3;1-2-10-18-15-5-3-4-14(13-15)6-7-16(17)8-11-19-12-9-16;1-2-11-17-16-8-5-6-14(13-16)9-10-15-7-3-4-12-18-15;1-3-12-18-16-11-7-9-14(13-16)8-5-6-10-15(17)4-2;1-2-10-17-13-8-5-7-12(11-13)6-3-4-9-14(15)16/h3-5,8-10,13-14,16H,2,6-7,11-12,15H2,1H3;7,9-10,13H,4-6,8,11-12H2,1-3H3;3-5,13,17H,2,6-12H2,1H3;5-6,8,13,15H,2-4,7,9-12H2,1H3;7,9,11,13H,3-6,8,10,12H2,1-2H3;5,7-8,11H,2-4,6,9-10H2,1H3,(H2,15,16). The maximum Gasteiger partial charge on any atom is 0.222 e. The van der Waals surface area contributed by atoms with E-state index >= 15 is 0 Å². The van der Waals surface area contributed by atoms with E-state index in [4.69, 9.17) is 38.9 Å². The van der Waals surface area contributed by atoms with Crippen LogP contribution in [0.5, 0.6) is 34.5 Å². The number of ether oxygens (including phenoxy) is 7. The highest BCUT2D eigenvalue weighted by atomic mass is 32.2. The number of primary amides is 1. The summed E-state index contributed by atoms with van der Waals surface area (Å²) in [6.07, 6.45) is 32.5. The third-order valence-corrected chi connectivity index (χ3v) is 19.9. The number of nitrogens with zero attached hydrogens (tertiary/aromatic N) is 1. The number of aliphatic hydroxyl groups is 1. The van der Waals surface area contributed by atoms with E-state index in [1.165, 1.54) is 77.5 Å². The van der Waals surface area contributed by atoms with Gasteiger partial charge in [-0.15, -0.1) is 0 Å². The zero-order valence-electron chi connectivity index (χ0n) is 69.8. The first-order chi connectivity index (χ1) is 54.1. The number of Topliss-reactive ketones (excluding diaryl/α,β-unsaturated/α-hetero) is 1. The van der Waals surface area contributed by atoms with Gasteiger partial charge in [-0.05, 0) is 303 Å². The van der Waals surface area contributed by atoms with E-state index < -0.39 is 5.60 Å². The third-order valence-electron chi connectivity index (χ3n) is 18.9. The van der Waals surface area contributed by atoms with Gasteiger partial charge >= 0.3 is 0 Å². The highest BCUT2D eigenvalue weighted by Gasteiger charge is 2.29. The summed E-state index contributed by atoms with van der Waals surface area (Å²) in [5.74, 6) is 8.34. The number of hydrogen-bond donors (Lipinski definition) is 2. The van der Waals surface area contributed by atoms with Crippen LogP contribution in [0.3, 0.4) is 0 Å². The van der Waals surface area contributed by atoms with Crippen LogP contribution in [0.4, 0.5) is 0 Å². The molecule has 14 heteroatoms. The molecule has 3 N–H and O–H groups in total. The second-order valence-electron chi connectivity index (χ2n) is 29.3. The number of benzene rings is 7. The monoisotopic (exact) mass is 1540 g/mol. The molecule has 111 heavy (non-hydrogen) atoms. The van der Waals surface area contributed by atoms with E-state index in [9.17, 15) is 19.5 Å². The molecule has 2 aliphatic rings. The van der Waals surface area contributed by atoms with Crippen molar-refractivity contribution in [1.29, 1.82) is 0 Å². The zero-order valence-corrected chi connectivity index (χ0v) is 70.6. The molecule has 7 aromatic rings. The first kappa shape index (κ1) is 95.6. The number of nitrogens with two attached hydrogens (primary N) is 1. The molecule has 2 amide bonds. The quantitative estimate of drug-likeness (QED) is 0.0348. The van der Waals surface area contributed by atoms with Gasteiger partial charge < -0.3 is 48.9 Å². The molecule has 0 bridgehead atoms. The molecule has 9 rings (SSSR count). The molecule has 2 saturated heterocycles. The van der Waals surface area contributed by atoms with Gasteiger partial charge in [0.05, 0.1) is 51.3 Å². The van der Waals surface area contributed by atoms with Crippen molar-refractivity contribution in [3.05, 3.63) is 215 Å². The lowest BCUT2D eigenvalue weighted by Gasteiger charge is -2.31. The fraction of sp³-hybridized carbons (Fsp3) is 0.536. The van der Waals surface area contributed by atoms with Crippen molar-refractivity contribution in [2.24, 2.45) is 5.73 Å². The van der Waals surface area contributed by atoms with Crippen molar-refractivity contribution in [3.8, 4) is 34.5 Å². The average Bonchev–Trinajstić information content (AvgIpc) is 0.859. The lowest BCUT2D eigenvalue weighted by Crippen LogP contribution is -2.33. The van der Waals surface area contributed by atoms with Crippen molar-refractivity contribution < 1.29 is 52.6 Å². The molecule has 2 fully saturated rings. The Balaban J connectivity index is 0.000000281. The summed E-state index contributed by atoms with van der Waals surface area (Å²) in [6, 6.07) is 60.6. The molecule has 2 heterocycles. The molecular weight excluding hydrogens is 1400 g/mol. The summed E-state index contributed by atoms with van der Waals surface area (Å²) in [6.45, 7) is 20.2. The number of hydrogen-bond acceptors (Lipinski definition) is 12. The van der Waals surface area contributed by atoms with Gasteiger partial charge in [-0.1, -0.05) is 152 Å². The number of thioether (sulfide) groups is 1. The number of ketones is 1. The molecule has 0 aromatic heterocycles. The molecule has 0 aliphatic carbocycles. The normalized spacial score (nSPS) is 13.2. The lowest BCUT2D eigenvalue weighted by molar-refractivity contribution is -0.128. The van der Waals surface area contributed by atoms with E-state index in [1.807, 2.05) is 79.3 Å². The van der Waals surface area contributed by atoms with Gasteiger partial charge in [-0.3, -0.25) is 14.4 Å². The van der Waals surface area contributed by atoms with Crippen molar-refractivity contribution in [2.75, 3.05) is 71.8 Å².